The van der Waals surface area contributed by atoms with E-state index in [-0.39, 0.29) is 11.0 Å². The van der Waals surface area contributed by atoms with Gasteiger partial charge in [0.15, 0.2) is 0 Å². The summed E-state index contributed by atoms with van der Waals surface area (Å²) in [5.74, 6) is 0.239. The van der Waals surface area contributed by atoms with E-state index in [2.05, 4.69) is 19.6 Å². The maximum Gasteiger partial charge on any atom is 0.130 e. The average molecular weight is 146 g/mol. The van der Waals surface area contributed by atoms with Gasteiger partial charge >= 0.3 is 0 Å². The molecule has 0 fully saturated rings. The van der Waals surface area contributed by atoms with Crippen LogP contribution in [0, 0.1) is 0 Å². The first-order valence-corrected chi connectivity index (χ1v) is 3.86. The standard InChI is InChI=1S/C7H14OS/c1-3-4-7(9)5-6(2)8/h7,9H,3-5H2,1-2H3/t7-/m0/s1. The molecular formula is C7H14OS. The van der Waals surface area contributed by atoms with Gasteiger partial charge in [-0.05, 0) is 13.3 Å². The lowest BCUT2D eigenvalue weighted by atomic mass is 10.1. The average Bonchev–Trinajstić information content (AvgIpc) is 1.63. The van der Waals surface area contributed by atoms with Crippen LogP contribution in [0.15, 0.2) is 0 Å². The lowest BCUT2D eigenvalue weighted by Crippen LogP contribution is -2.03. The van der Waals surface area contributed by atoms with Gasteiger partial charge in [-0.1, -0.05) is 13.3 Å². The molecule has 0 radical (unpaired) electrons. The van der Waals surface area contributed by atoms with E-state index in [1.807, 2.05) is 0 Å². The molecule has 0 aliphatic heterocycles. The molecule has 0 amide bonds. The third kappa shape index (κ3) is 5.90. The lowest BCUT2D eigenvalue weighted by molar-refractivity contribution is -0.117. The maximum absolute atomic E-state index is 10.5. The quantitative estimate of drug-likeness (QED) is 0.601. The third-order valence-corrected chi connectivity index (χ3v) is 1.59. The Morgan fingerprint density at radius 2 is 2.22 bits per heavy atom. The van der Waals surface area contributed by atoms with E-state index in [0.717, 1.165) is 12.8 Å². The first kappa shape index (κ1) is 9.02. The van der Waals surface area contributed by atoms with E-state index in [1.165, 1.54) is 0 Å². The molecule has 0 aliphatic rings. The van der Waals surface area contributed by atoms with Gasteiger partial charge in [0.1, 0.15) is 5.78 Å². The molecule has 0 saturated heterocycles. The second-order valence-electron chi connectivity index (χ2n) is 2.35. The smallest absolute Gasteiger partial charge is 0.130 e. The number of carbonyl (C=O) groups excluding carboxylic acids is 1. The number of thiol groups is 1. The summed E-state index contributed by atoms with van der Waals surface area (Å²) in [6.45, 7) is 3.71. The van der Waals surface area contributed by atoms with Crippen molar-refractivity contribution in [1.29, 1.82) is 0 Å². The summed E-state index contributed by atoms with van der Waals surface area (Å²) in [7, 11) is 0. The van der Waals surface area contributed by atoms with Gasteiger partial charge < -0.3 is 0 Å². The highest BCUT2D eigenvalue weighted by molar-refractivity contribution is 7.81. The van der Waals surface area contributed by atoms with E-state index in [1.54, 1.807) is 6.92 Å². The van der Waals surface area contributed by atoms with Crippen LogP contribution in [-0.4, -0.2) is 11.0 Å². The van der Waals surface area contributed by atoms with Crippen molar-refractivity contribution in [2.24, 2.45) is 0 Å². The highest BCUT2D eigenvalue weighted by Crippen LogP contribution is 2.08. The van der Waals surface area contributed by atoms with Crippen LogP contribution in [0.4, 0.5) is 0 Å². The summed E-state index contributed by atoms with van der Waals surface area (Å²) in [4.78, 5) is 10.5. The molecule has 0 heterocycles. The van der Waals surface area contributed by atoms with Crippen molar-refractivity contribution in [2.75, 3.05) is 0 Å². The minimum Gasteiger partial charge on any atom is -0.300 e. The number of hydrogen-bond donors (Lipinski definition) is 1. The number of hydrogen-bond acceptors (Lipinski definition) is 2. The molecule has 1 nitrogen and oxygen atoms in total. The second-order valence-corrected chi connectivity index (χ2v) is 3.08. The van der Waals surface area contributed by atoms with Gasteiger partial charge in [-0.2, -0.15) is 12.6 Å². The molecule has 0 aliphatic carbocycles. The zero-order valence-corrected chi connectivity index (χ0v) is 6.95. The van der Waals surface area contributed by atoms with Crippen LogP contribution in [0.2, 0.25) is 0 Å². The Hall–Kier alpha value is 0.0200. The fraction of sp³-hybridized carbons (Fsp3) is 0.857. The van der Waals surface area contributed by atoms with E-state index < -0.39 is 0 Å². The summed E-state index contributed by atoms with van der Waals surface area (Å²) in [6, 6.07) is 0. The van der Waals surface area contributed by atoms with Gasteiger partial charge in [-0.3, -0.25) is 4.79 Å². The molecule has 0 spiro atoms. The zero-order valence-electron chi connectivity index (χ0n) is 6.05. The number of carbonyl (C=O) groups is 1. The monoisotopic (exact) mass is 146 g/mol. The van der Waals surface area contributed by atoms with Crippen LogP contribution in [0.1, 0.15) is 33.1 Å². The van der Waals surface area contributed by atoms with Crippen LogP contribution in [0.5, 0.6) is 0 Å². The molecule has 9 heavy (non-hydrogen) atoms. The molecule has 0 unspecified atom stereocenters. The Morgan fingerprint density at radius 3 is 2.56 bits per heavy atom. The molecule has 0 aromatic carbocycles. The van der Waals surface area contributed by atoms with Crippen LogP contribution >= 0.6 is 12.6 Å². The van der Waals surface area contributed by atoms with Gasteiger partial charge in [-0.15, -0.1) is 0 Å². The Bertz CT molecular complexity index is 90.9. The van der Waals surface area contributed by atoms with Crippen molar-refractivity contribution in [2.45, 2.75) is 38.4 Å². The zero-order chi connectivity index (χ0) is 7.28. The fourth-order valence-corrected chi connectivity index (χ4v) is 1.28. The molecule has 0 saturated carbocycles. The summed E-state index contributed by atoms with van der Waals surface area (Å²) < 4.78 is 0. The molecule has 2 heteroatoms. The molecule has 0 bridgehead atoms. The van der Waals surface area contributed by atoms with E-state index in [4.69, 9.17) is 0 Å². The molecule has 0 N–H and O–H groups in total. The molecular weight excluding hydrogens is 132 g/mol. The second kappa shape index (κ2) is 4.86. The van der Waals surface area contributed by atoms with Crippen LogP contribution < -0.4 is 0 Å². The number of rotatable bonds is 4. The topological polar surface area (TPSA) is 17.1 Å². The molecule has 0 aromatic heterocycles. The van der Waals surface area contributed by atoms with Gasteiger partial charge in [0.25, 0.3) is 0 Å². The summed E-state index contributed by atoms with van der Waals surface area (Å²) in [6.07, 6.45) is 2.78. The summed E-state index contributed by atoms with van der Waals surface area (Å²) in [5.41, 5.74) is 0. The van der Waals surface area contributed by atoms with Crippen LogP contribution in [0.25, 0.3) is 0 Å². The van der Waals surface area contributed by atoms with Crippen molar-refractivity contribution in [1.82, 2.24) is 0 Å². The van der Waals surface area contributed by atoms with Gasteiger partial charge in [0, 0.05) is 11.7 Å². The van der Waals surface area contributed by atoms with Crippen molar-refractivity contribution in [3.63, 3.8) is 0 Å². The minimum absolute atomic E-state index is 0.239. The normalized spacial score (nSPS) is 13.2. The van der Waals surface area contributed by atoms with Gasteiger partial charge in [0.05, 0.1) is 0 Å². The molecule has 0 aromatic rings. The summed E-state index contributed by atoms with van der Waals surface area (Å²) >= 11 is 4.23. The first-order chi connectivity index (χ1) is 4.16. The lowest BCUT2D eigenvalue weighted by Gasteiger charge is -2.04. The first-order valence-electron chi connectivity index (χ1n) is 3.34. The largest absolute Gasteiger partial charge is 0.300 e. The summed E-state index contributed by atoms with van der Waals surface area (Å²) in [5, 5.41) is 0.285. The van der Waals surface area contributed by atoms with E-state index in [9.17, 15) is 4.79 Å². The predicted octanol–water partition coefficient (Wildman–Crippen LogP) is 2.06. The highest BCUT2D eigenvalue weighted by Gasteiger charge is 2.03. The molecule has 0 rings (SSSR count). The van der Waals surface area contributed by atoms with Gasteiger partial charge in [0.2, 0.25) is 0 Å². The van der Waals surface area contributed by atoms with Crippen molar-refractivity contribution < 1.29 is 4.79 Å². The van der Waals surface area contributed by atoms with Crippen molar-refractivity contribution in [3.8, 4) is 0 Å². The number of Topliss-reactive ketones (excluding diaryl/α,β-unsaturated/α-hetero) is 1. The van der Waals surface area contributed by atoms with Crippen molar-refractivity contribution in [3.05, 3.63) is 0 Å². The van der Waals surface area contributed by atoms with Gasteiger partial charge in [-0.25, -0.2) is 0 Å². The van der Waals surface area contributed by atoms with Crippen molar-refractivity contribution >= 4 is 18.4 Å². The SMILES string of the molecule is CCC[C@H](S)CC(C)=O. The molecule has 54 valence electrons. The van der Waals surface area contributed by atoms with Crippen LogP contribution in [0.3, 0.4) is 0 Å². The van der Waals surface area contributed by atoms with E-state index in [0.29, 0.717) is 6.42 Å². The maximum atomic E-state index is 10.5. The third-order valence-electron chi connectivity index (χ3n) is 1.14. The fourth-order valence-electron chi connectivity index (χ4n) is 0.767. The Labute approximate surface area is 62.2 Å². The number of ketones is 1. The Kier molecular flexibility index (Phi) is 4.87. The minimum atomic E-state index is 0.239. The predicted molar refractivity (Wildman–Crippen MR) is 43.0 cm³/mol. The van der Waals surface area contributed by atoms with E-state index >= 15 is 0 Å². The Morgan fingerprint density at radius 1 is 1.67 bits per heavy atom. The molecule has 1 atom stereocenters. The van der Waals surface area contributed by atoms with Crippen LogP contribution in [-0.2, 0) is 4.79 Å². The highest BCUT2D eigenvalue weighted by atomic mass is 32.1. The Balaban J connectivity index is 3.26.